The Kier molecular flexibility index (Phi) is 8.68. The summed E-state index contributed by atoms with van der Waals surface area (Å²) in [6.07, 6.45) is 4.24. The highest BCUT2D eigenvalue weighted by molar-refractivity contribution is 6.42. The Labute approximate surface area is 265 Å². The Morgan fingerprint density at radius 3 is 2.39 bits per heavy atom. The van der Waals surface area contributed by atoms with Crippen LogP contribution in [-0.2, 0) is 15.6 Å². The highest BCUT2D eigenvalue weighted by atomic mass is 35.5. The summed E-state index contributed by atoms with van der Waals surface area (Å²) in [7, 11) is 0. The molecule has 1 atom stereocenters. The van der Waals surface area contributed by atoms with Crippen molar-refractivity contribution < 1.29 is 14.8 Å². The zero-order valence-corrected chi connectivity index (χ0v) is 25.6. The number of hydrogen-bond acceptors (Lipinski definition) is 7. The molecule has 2 N–H and O–H groups in total. The van der Waals surface area contributed by atoms with Gasteiger partial charge >= 0.3 is 0 Å². The van der Waals surface area contributed by atoms with Gasteiger partial charge in [0.1, 0.15) is 6.33 Å². The molecular weight excluding hydrogens is 601 g/mol. The van der Waals surface area contributed by atoms with Crippen LogP contribution in [0.15, 0.2) is 79.1 Å². The minimum Gasteiger partial charge on any atom is -0.338 e. The largest absolute Gasteiger partial charge is 0.338 e. The number of hydrogen-bond donors (Lipinski definition) is 2. The van der Waals surface area contributed by atoms with Crippen LogP contribution in [0.1, 0.15) is 47.2 Å². The van der Waals surface area contributed by atoms with E-state index in [0.29, 0.717) is 60.3 Å². The zero-order chi connectivity index (χ0) is 30.7. The van der Waals surface area contributed by atoms with Crippen molar-refractivity contribution in [3.8, 4) is 5.69 Å². The van der Waals surface area contributed by atoms with Gasteiger partial charge in [-0.25, -0.2) is 10.2 Å². The highest BCUT2D eigenvalue weighted by Gasteiger charge is 2.45. The van der Waals surface area contributed by atoms with E-state index in [0.717, 1.165) is 30.5 Å². The fourth-order valence-electron chi connectivity index (χ4n) is 6.74. The van der Waals surface area contributed by atoms with Gasteiger partial charge in [0.05, 0.1) is 21.1 Å². The van der Waals surface area contributed by atoms with Crippen molar-refractivity contribution in [2.75, 3.05) is 32.7 Å². The van der Waals surface area contributed by atoms with Gasteiger partial charge in [-0.3, -0.25) is 14.8 Å². The number of rotatable bonds is 8. The number of halogens is 2. The number of piperidine rings is 1. The smallest absolute Gasteiger partial charge is 0.254 e. The first-order valence-corrected chi connectivity index (χ1v) is 15.4. The molecular formula is C32H33Cl2N7O3. The molecule has 2 aliphatic rings. The van der Waals surface area contributed by atoms with Crippen LogP contribution in [0, 0.1) is 0 Å². The number of benzene rings is 3. The van der Waals surface area contributed by atoms with Crippen LogP contribution >= 0.6 is 23.2 Å². The summed E-state index contributed by atoms with van der Waals surface area (Å²) in [6.45, 7) is 3.32. The number of carbonyl (C=O) groups excluding carboxylic acids is 2. The summed E-state index contributed by atoms with van der Waals surface area (Å²) in [5, 5.41) is 21.9. The lowest BCUT2D eigenvalue weighted by Gasteiger charge is -2.41. The number of nitrogens with one attached hydrogen (secondary N) is 1. The van der Waals surface area contributed by atoms with Crippen LogP contribution < -0.4 is 5.48 Å². The molecule has 0 saturated carbocycles. The molecule has 1 aromatic heterocycles. The second-order valence-electron chi connectivity index (χ2n) is 11.7. The van der Waals surface area contributed by atoms with E-state index in [9.17, 15) is 14.8 Å². The van der Waals surface area contributed by atoms with Crippen molar-refractivity contribution >= 4 is 35.0 Å². The minimum absolute atomic E-state index is 0.0532. The van der Waals surface area contributed by atoms with E-state index in [2.05, 4.69) is 20.4 Å². The second kappa shape index (κ2) is 12.6. The number of amides is 2. The molecule has 0 radical (unpaired) electrons. The lowest BCUT2D eigenvalue weighted by atomic mass is 9.71. The fourth-order valence-corrected chi connectivity index (χ4v) is 7.04. The molecule has 44 heavy (non-hydrogen) atoms. The van der Waals surface area contributed by atoms with E-state index in [1.165, 1.54) is 11.0 Å². The number of carbonyl (C=O) groups is 2. The number of nitrogens with zero attached hydrogens (tertiary/aromatic N) is 6. The molecule has 0 spiro atoms. The van der Waals surface area contributed by atoms with Crippen molar-refractivity contribution in [3.05, 3.63) is 106 Å². The molecule has 0 aliphatic carbocycles. The van der Waals surface area contributed by atoms with E-state index in [4.69, 9.17) is 23.2 Å². The SMILES string of the molecule is O=C(c1cccc(-n2cnnn2)c1)N1CCC(CCN2CCC(C(=O)NO)(c3ccccc3)CC2)(c2ccc(Cl)c(Cl)c2)C1. The second-order valence-corrected chi connectivity index (χ2v) is 12.5. The normalized spacial score (nSPS) is 20.0. The third-order valence-corrected chi connectivity index (χ3v) is 10.1. The number of tetrazole rings is 1. The maximum atomic E-state index is 13.8. The molecule has 6 rings (SSSR count). The summed E-state index contributed by atoms with van der Waals surface area (Å²) in [5.41, 5.74) is 4.06. The monoisotopic (exact) mass is 633 g/mol. The topological polar surface area (TPSA) is 116 Å². The molecule has 3 heterocycles. The molecule has 0 bridgehead atoms. The van der Waals surface area contributed by atoms with Crippen LogP contribution in [-0.4, -0.2) is 79.8 Å². The standard InChI is InChI=1S/C32H33Cl2N7O3/c33-27-10-9-25(20-28(27)34)31(11-15-39-16-13-32(14-17-39,30(43)36-44)24-6-2-1-3-7-24)12-18-40(21-31)29(42)23-5-4-8-26(19-23)41-22-35-37-38-41/h1-10,19-20,22,44H,11-18,21H2,(H,36,43). The molecule has 10 nitrogen and oxygen atoms in total. The van der Waals surface area contributed by atoms with E-state index >= 15 is 0 Å². The quantitative estimate of drug-likeness (QED) is 0.214. The van der Waals surface area contributed by atoms with Crippen molar-refractivity contribution in [3.63, 3.8) is 0 Å². The van der Waals surface area contributed by atoms with Gasteiger partial charge in [-0.2, -0.15) is 0 Å². The van der Waals surface area contributed by atoms with Gasteiger partial charge in [-0.1, -0.05) is 65.7 Å². The van der Waals surface area contributed by atoms with Crippen molar-refractivity contribution in [2.45, 2.75) is 36.5 Å². The molecule has 2 fully saturated rings. The third-order valence-electron chi connectivity index (χ3n) is 9.36. The molecule has 1 unspecified atom stereocenters. The molecule has 4 aromatic rings. The van der Waals surface area contributed by atoms with E-state index in [1.54, 1.807) is 6.07 Å². The molecule has 12 heteroatoms. The van der Waals surface area contributed by atoms with Crippen LogP contribution in [0.2, 0.25) is 10.0 Å². The molecule has 2 saturated heterocycles. The van der Waals surface area contributed by atoms with Gasteiger partial charge in [0.15, 0.2) is 0 Å². The van der Waals surface area contributed by atoms with Gasteiger partial charge in [-0.15, -0.1) is 5.10 Å². The summed E-state index contributed by atoms with van der Waals surface area (Å²) in [4.78, 5) is 30.9. The van der Waals surface area contributed by atoms with E-state index in [1.807, 2.05) is 77.1 Å². The Balaban J connectivity index is 1.20. The van der Waals surface area contributed by atoms with Gasteiger partial charge in [-0.05, 0) is 97.2 Å². The Morgan fingerprint density at radius 2 is 1.68 bits per heavy atom. The summed E-state index contributed by atoms with van der Waals surface area (Å²) in [5.74, 6) is -0.424. The number of likely N-dealkylation sites (tertiary alicyclic amines) is 2. The number of aromatic nitrogens is 4. The third kappa shape index (κ3) is 5.82. The van der Waals surface area contributed by atoms with Crippen LogP contribution in [0.4, 0.5) is 0 Å². The first kappa shape index (κ1) is 30.2. The van der Waals surface area contributed by atoms with Crippen molar-refractivity contribution in [1.29, 1.82) is 0 Å². The molecule has 2 aliphatic heterocycles. The molecule has 2 amide bonds. The van der Waals surface area contributed by atoms with Gasteiger partial charge in [0, 0.05) is 24.1 Å². The average Bonchev–Trinajstić information content (AvgIpc) is 3.77. The van der Waals surface area contributed by atoms with Crippen molar-refractivity contribution in [1.82, 2.24) is 35.5 Å². The fraction of sp³-hybridized carbons (Fsp3) is 0.344. The average molecular weight is 635 g/mol. The van der Waals surface area contributed by atoms with Crippen LogP contribution in [0.5, 0.6) is 0 Å². The van der Waals surface area contributed by atoms with Gasteiger partial charge in [0.25, 0.3) is 11.8 Å². The Hall–Kier alpha value is -3.83. The Morgan fingerprint density at radius 1 is 0.886 bits per heavy atom. The number of hydroxylamine groups is 1. The van der Waals surface area contributed by atoms with Gasteiger partial charge < -0.3 is 9.80 Å². The lowest BCUT2D eigenvalue weighted by Crippen LogP contribution is -2.51. The van der Waals surface area contributed by atoms with Crippen molar-refractivity contribution in [2.24, 2.45) is 0 Å². The van der Waals surface area contributed by atoms with Gasteiger partial charge in [0.2, 0.25) is 0 Å². The minimum atomic E-state index is -0.776. The maximum Gasteiger partial charge on any atom is 0.254 e. The highest BCUT2D eigenvalue weighted by Crippen LogP contribution is 2.42. The summed E-state index contributed by atoms with van der Waals surface area (Å²) in [6, 6.07) is 22.7. The predicted octanol–water partition coefficient (Wildman–Crippen LogP) is 4.68. The Bertz CT molecular complexity index is 1630. The van der Waals surface area contributed by atoms with E-state index < -0.39 is 5.41 Å². The molecule has 3 aromatic carbocycles. The van der Waals surface area contributed by atoms with E-state index in [-0.39, 0.29) is 17.2 Å². The lowest BCUT2D eigenvalue weighted by molar-refractivity contribution is -0.137. The van der Waals surface area contributed by atoms with Crippen LogP contribution in [0.3, 0.4) is 0 Å². The first-order chi connectivity index (χ1) is 21.3. The predicted molar refractivity (Wildman–Crippen MR) is 166 cm³/mol. The summed E-state index contributed by atoms with van der Waals surface area (Å²) < 4.78 is 1.52. The maximum absolute atomic E-state index is 13.8. The zero-order valence-electron chi connectivity index (χ0n) is 24.1. The summed E-state index contributed by atoms with van der Waals surface area (Å²) >= 11 is 12.8. The van der Waals surface area contributed by atoms with Crippen LogP contribution in [0.25, 0.3) is 5.69 Å². The first-order valence-electron chi connectivity index (χ1n) is 14.6. The molecule has 228 valence electrons.